The first-order valence-corrected chi connectivity index (χ1v) is 23.2. The molecule has 2 aromatic carbocycles. The van der Waals surface area contributed by atoms with E-state index in [0.29, 0.717) is 32.4 Å². The summed E-state index contributed by atoms with van der Waals surface area (Å²) in [7, 11) is 0. The lowest BCUT2D eigenvalue weighted by atomic mass is 9.76. The van der Waals surface area contributed by atoms with Gasteiger partial charge in [0.2, 0.25) is 23.4 Å². The fourth-order valence-corrected chi connectivity index (χ4v) is 10.3. The smallest absolute Gasteiger partial charge is 0.246 e. The summed E-state index contributed by atoms with van der Waals surface area (Å²) in [5.41, 5.74) is 1.55. The topological polar surface area (TPSA) is 147 Å². The number of ketones is 4. The van der Waals surface area contributed by atoms with Crippen LogP contribution in [0, 0.1) is 29.1 Å². The average molecular weight is 846 g/mol. The molecule has 332 valence electrons. The van der Waals surface area contributed by atoms with Gasteiger partial charge in [0.25, 0.3) is 0 Å². The number of fused-ring (bicyclic) bond motifs is 1. The van der Waals surface area contributed by atoms with Crippen molar-refractivity contribution >= 4 is 34.9 Å². The van der Waals surface area contributed by atoms with Crippen LogP contribution < -0.4 is 5.32 Å². The molecule has 2 saturated carbocycles. The van der Waals surface area contributed by atoms with E-state index in [1.807, 2.05) is 93.3 Å². The maximum absolute atomic E-state index is 15.2. The number of hydrogen-bond acceptors (Lipinski definition) is 9. The van der Waals surface area contributed by atoms with Crippen molar-refractivity contribution < 1.29 is 28.8 Å². The minimum absolute atomic E-state index is 0.0107. The molecule has 1 aliphatic heterocycles. The minimum Gasteiger partial charge on any atom is -0.344 e. The molecule has 3 aromatic rings. The van der Waals surface area contributed by atoms with Crippen LogP contribution in [0.2, 0.25) is 0 Å². The fourth-order valence-electron chi connectivity index (χ4n) is 10.3. The first kappa shape index (κ1) is 46.6. The summed E-state index contributed by atoms with van der Waals surface area (Å²) in [6.45, 7) is 8.60. The summed E-state index contributed by atoms with van der Waals surface area (Å²) in [6, 6.07) is 17.8. The maximum atomic E-state index is 15.2. The van der Waals surface area contributed by atoms with Gasteiger partial charge in [-0.2, -0.15) is 0 Å². The molecule has 1 aromatic heterocycles. The van der Waals surface area contributed by atoms with Gasteiger partial charge < -0.3 is 10.2 Å². The number of rotatable bonds is 20. The van der Waals surface area contributed by atoms with E-state index in [2.05, 4.69) is 15.3 Å². The lowest BCUT2D eigenvalue weighted by molar-refractivity contribution is -0.147. The highest BCUT2D eigenvalue weighted by Gasteiger charge is 2.51. The number of carbonyl (C=O) groups excluding carboxylic acids is 6. The van der Waals surface area contributed by atoms with Crippen molar-refractivity contribution in [1.82, 2.24) is 25.1 Å². The molecule has 2 heterocycles. The van der Waals surface area contributed by atoms with Crippen molar-refractivity contribution in [3.8, 4) is 0 Å². The van der Waals surface area contributed by atoms with E-state index >= 15 is 4.79 Å². The van der Waals surface area contributed by atoms with Crippen molar-refractivity contribution in [2.24, 2.45) is 29.1 Å². The number of likely N-dealkylation sites (tertiary alicyclic amines) is 1. The summed E-state index contributed by atoms with van der Waals surface area (Å²) in [6.07, 6.45) is 14.0. The van der Waals surface area contributed by atoms with E-state index in [-0.39, 0.29) is 66.3 Å². The zero-order chi connectivity index (χ0) is 44.2. The summed E-state index contributed by atoms with van der Waals surface area (Å²) >= 11 is 0. The molecule has 3 fully saturated rings. The molecule has 2 aliphatic carbocycles. The van der Waals surface area contributed by atoms with Crippen molar-refractivity contribution in [3.63, 3.8) is 0 Å². The van der Waals surface area contributed by atoms with Gasteiger partial charge in [0.05, 0.1) is 18.8 Å². The van der Waals surface area contributed by atoms with Gasteiger partial charge >= 0.3 is 0 Å². The second-order valence-corrected chi connectivity index (χ2v) is 19.2. The van der Waals surface area contributed by atoms with E-state index < -0.39 is 40.9 Å². The number of nitrogens with zero attached hydrogens (tertiary/aromatic N) is 4. The van der Waals surface area contributed by atoms with Crippen molar-refractivity contribution in [3.05, 3.63) is 96.1 Å². The Morgan fingerprint density at radius 3 is 2.03 bits per heavy atom. The van der Waals surface area contributed by atoms with Gasteiger partial charge in [-0.25, -0.2) is 4.98 Å². The molecule has 11 nitrogen and oxygen atoms in total. The average Bonchev–Trinajstić information content (AvgIpc) is 3.67. The number of nitrogens with one attached hydrogen (secondary N) is 1. The fraction of sp³-hybridized carbons (Fsp3) is 0.569. The van der Waals surface area contributed by atoms with Gasteiger partial charge in [-0.15, -0.1) is 0 Å². The van der Waals surface area contributed by atoms with Crippen molar-refractivity contribution in [2.75, 3.05) is 6.54 Å². The Labute approximate surface area is 368 Å². The minimum atomic E-state index is -0.960. The van der Waals surface area contributed by atoms with Gasteiger partial charge in [0.15, 0.2) is 11.6 Å². The Morgan fingerprint density at radius 1 is 0.806 bits per heavy atom. The molecule has 11 heteroatoms. The Hall–Kier alpha value is -4.90. The summed E-state index contributed by atoms with van der Waals surface area (Å²) in [5.74, 6) is -3.46. The standard InChI is InChI=1S/C51H67N5O6/c1-5-17-39(47(60)46(59)34-55(32-35-18-9-6-10-19-35)33-36-20-11-7-12-21-36)29-45(58)43-28-38-24-15-16-25-42(38)56(43)50(62)48(51(2,3)4)54-49(61)40(37-22-13-8-14-23-37)30-44(57)41-31-52-26-27-53-41/h6-7,9-12,18-21,26-27,31,37-40,42-43,48H,5,8,13-17,22-25,28-30,32-34H2,1-4H3,(H,54,61)/t38-,39+,40-,42-,43-,48+/m0/s1. The third kappa shape index (κ3) is 12.2. The van der Waals surface area contributed by atoms with Crippen LogP contribution in [0.5, 0.6) is 0 Å². The Balaban J connectivity index is 1.20. The van der Waals surface area contributed by atoms with E-state index in [1.165, 1.54) is 18.6 Å². The van der Waals surface area contributed by atoms with Crippen LogP contribution >= 0.6 is 0 Å². The molecule has 62 heavy (non-hydrogen) atoms. The van der Waals surface area contributed by atoms with Crippen LogP contribution in [0.4, 0.5) is 0 Å². The van der Waals surface area contributed by atoms with E-state index in [0.717, 1.165) is 68.9 Å². The van der Waals surface area contributed by atoms with E-state index in [9.17, 15) is 24.0 Å². The van der Waals surface area contributed by atoms with E-state index in [1.54, 1.807) is 4.90 Å². The molecular weight excluding hydrogens is 779 g/mol. The van der Waals surface area contributed by atoms with Crippen molar-refractivity contribution in [2.45, 2.75) is 149 Å². The van der Waals surface area contributed by atoms with E-state index in [4.69, 9.17) is 0 Å². The molecule has 6 atom stereocenters. The van der Waals surface area contributed by atoms with Gasteiger partial charge in [-0.1, -0.05) is 127 Å². The predicted molar refractivity (Wildman–Crippen MR) is 238 cm³/mol. The highest BCUT2D eigenvalue weighted by atomic mass is 16.2. The maximum Gasteiger partial charge on any atom is 0.246 e. The highest BCUT2D eigenvalue weighted by molar-refractivity contribution is 6.39. The van der Waals surface area contributed by atoms with Crippen LogP contribution in [0.15, 0.2) is 79.3 Å². The zero-order valence-corrected chi connectivity index (χ0v) is 37.3. The van der Waals surface area contributed by atoms with Crippen LogP contribution in [0.3, 0.4) is 0 Å². The lowest BCUT2D eigenvalue weighted by Crippen LogP contribution is -2.60. The van der Waals surface area contributed by atoms with Crippen LogP contribution in [-0.2, 0) is 37.1 Å². The Morgan fingerprint density at radius 2 is 1.44 bits per heavy atom. The number of benzene rings is 2. The second kappa shape index (κ2) is 21.9. The molecule has 1 N–H and O–H groups in total. The van der Waals surface area contributed by atoms with Gasteiger partial charge in [-0.05, 0) is 66.9 Å². The van der Waals surface area contributed by atoms with Crippen LogP contribution in [0.25, 0.3) is 0 Å². The quantitative estimate of drug-likeness (QED) is 0.0880. The van der Waals surface area contributed by atoms with Crippen LogP contribution in [0.1, 0.15) is 139 Å². The number of aromatic nitrogens is 2. The molecule has 0 spiro atoms. The largest absolute Gasteiger partial charge is 0.344 e. The highest BCUT2D eigenvalue weighted by Crippen LogP contribution is 2.42. The number of amides is 2. The van der Waals surface area contributed by atoms with Gasteiger partial charge in [0, 0.05) is 56.2 Å². The summed E-state index contributed by atoms with van der Waals surface area (Å²) in [4.78, 5) is 97.9. The molecule has 6 rings (SSSR count). The monoisotopic (exact) mass is 846 g/mol. The lowest BCUT2D eigenvalue weighted by Gasteiger charge is -2.40. The molecule has 1 saturated heterocycles. The predicted octanol–water partition coefficient (Wildman–Crippen LogP) is 8.15. The number of hydrogen-bond donors (Lipinski definition) is 1. The SMILES string of the molecule is CCC[C@H](CC(=O)[C@@H]1C[C@@H]2CCCC[C@@H]2N1C(=O)[C@@H](NC(=O)[C@@H](CC(=O)c1cnccn1)C1CCCCC1)C(C)(C)C)C(=O)C(=O)CN(Cc1ccccc1)Cc1ccccc1. The van der Waals surface area contributed by atoms with Crippen LogP contribution in [-0.4, -0.2) is 79.4 Å². The number of Topliss-reactive ketones (excluding diaryl/α,β-unsaturated/α-hetero) is 4. The van der Waals surface area contributed by atoms with Gasteiger partial charge in [-0.3, -0.25) is 38.7 Å². The number of carbonyl (C=O) groups is 6. The summed E-state index contributed by atoms with van der Waals surface area (Å²) < 4.78 is 0. The molecular formula is C51H67N5O6. The molecule has 2 amide bonds. The molecule has 0 bridgehead atoms. The normalized spacial score (nSPS) is 20.8. The van der Waals surface area contributed by atoms with Crippen molar-refractivity contribution in [1.29, 1.82) is 0 Å². The molecule has 3 aliphatic rings. The first-order valence-electron chi connectivity index (χ1n) is 23.2. The Bertz CT molecular complexity index is 1940. The summed E-state index contributed by atoms with van der Waals surface area (Å²) in [5, 5.41) is 3.16. The molecule has 0 radical (unpaired) electrons. The third-order valence-electron chi connectivity index (χ3n) is 13.5. The zero-order valence-electron chi connectivity index (χ0n) is 37.3. The molecule has 0 unspecified atom stereocenters. The van der Waals surface area contributed by atoms with Gasteiger partial charge in [0.1, 0.15) is 11.7 Å². The third-order valence-corrected chi connectivity index (χ3v) is 13.5. The Kier molecular flexibility index (Phi) is 16.5. The second-order valence-electron chi connectivity index (χ2n) is 19.2. The first-order chi connectivity index (χ1) is 29.8.